The van der Waals surface area contributed by atoms with Crippen molar-refractivity contribution in [3.63, 3.8) is 0 Å². The molecule has 0 atom stereocenters. The molecular weight excluding hydrogens is 447 g/mol. The van der Waals surface area contributed by atoms with E-state index in [1.165, 1.54) is 7.05 Å². The molecule has 3 rings (SSSR count). The molecule has 2 aliphatic rings. The van der Waals surface area contributed by atoms with Gasteiger partial charge in [0.25, 0.3) is 0 Å². The van der Waals surface area contributed by atoms with E-state index in [0.29, 0.717) is 45.0 Å². The average Bonchev–Trinajstić information content (AvgIpc) is 2.74. The van der Waals surface area contributed by atoms with Crippen LogP contribution < -0.4 is 5.32 Å². The summed E-state index contributed by atoms with van der Waals surface area (Å²) in [5, 5.41) is 22.0. The maximum Gasteiger partial charge on any atom is 0.416 e. The number of benzene rings is 1. The van der Waals surface area contributed by atoms with Crippen molar-refractivity contribution in [2.45, 2.75) is 55.1 Å². The first-order chi connectivity index (χ1) is 15.0. The number of alkyl halides is 3. The highest BCUT2D eigenvalue weighted by Crippen LogP contribution is 2.44. The zero-order valence-electron chi connectivity index (χ0n) is 17.9. The Morgan fingerprint density at radius 3 is 2.41 bits per heavy atom. The molecule has 0 aromatic heterocycles. The lowest BCUT2D eigenvalue weighted by molar-refractivity contribution is -0.137. The van der Waals surface area contributed by atoms with Crippen LogP contribution in [0.3, 0.4) is 0 Å². The molecule has 1 aromatic rings. The van der Waals surface area contributed by atoms with Crippen LogP contribution in [-0.2, 0) is 20.9 Å². The van der Waals surface area contributed by atoms with Crippen LogP contribution in [0.5, 0.6) is 0 Å². The highest BCUT2D eigenvalue weighted by Gasteiger charge is 2.47. The molecule has 0 spiro atoms. The fourth-order valence-electron chi connectivity index (χ4n) is 4.33. The van der Waals surface area contributed by atoms with E-state index in [9.17, 15) is 32.0 Å². The Morgan fingerprint density at radius 1 is 1.25 bits per heavy atom. The zero-order chi connectivity index (χ0) is 23.6. The van der Waals surface area contributed by atoms with Gasteiger partial charge in [-0.3, -0.25) is 0 Å². The number of hydrogen-bond acceptors (Lipinski definition) is 6. The molecule has 1 aliphatic heterocycles. The van der Waals surface area contributed by atoms with Gasteiger partial charge in [0.1, 0.15) is 4.90 Å². The van der Waals surface area contributed by atoms with Crippen LogP contribution in [0.25, 0.3) is 0 Å². The highest BCUT2D eigenvalue weighted by atomic mass is 32.2. The fourth-order valence-corrected chi connectivity index (χ4v) is 6.10. The van der Waals surface area contributed by atoms with E-state index >= 15 is 0 Å². The van der Waals surface area contributed by atoms with Crippen LogP contribution in [0.15, 0.2) is 23.1 Å². The molecule has 1 saturated heterocycles. The normalized spacial score (nSPS) is 20.4. The van der Waals surface area contributed by atoms with Crippen LogP contribution in [-0.4, -0.2) is 56.8 Å². The average molecular weight is 476 g/mol. The number of aliphatic hydroxyl groups is 1. The number of hydrogen-bond donors (Lipinski definition) is 2. The van der Waals surface area contributed by atoms with Gasteiger partial charge in [0.05, 0.1) is 22.7 Å². The van der Waals surface area contributed by atoms with Gasteiger partial charge in [0, 0.05) is 39.0 Å². The minimum Gasteiger partial charge on any atom is -0.396 e. The molecule has 1 saturated carbocycles. The number of anilines is 1. The predicted molar refractivity (Wildman–Crippen MR) is 111 cm³/mol. The zero-order valence-corrected chi connectivity index (χ0v) is 18.7. The van der Waals surface area contributed by atoms with Crippen molar-refractivity contribution in [2.24, 2.45) is 5.41 Å². The van der Waals surface area contributed by atoms with Crippen molar-refractivity contribution < 1.29 is 31.4 Å². The Hall–Kier alpha value is -1.87. The first kappa shape index (κ1) is 24.8. The van der Waals surface area contributed by atoms with Gasteiger partial charge in [-0.2, -0.15) is 22.7 Å². The third-order valence-corrected chi connectivity index (χ3v) is 8.78. The number of nitrogens with zero attached hydrogens (tertiary/aromatic N) is 2. The fraction of sp³-hybridized carbons (Fsp3) is 0.667. The minimum absolute atomic E-state index is 0.0180. The summed E-state index contributed by atoms with van der Waals surface area (Å²) in [5.74, 6) is 0. The molecule has 7 nitrogen and oxygen atoms in total. The monoisotopic (exact) mass is 475 g/mol. The van der Waals surface area contributed by atoms with Crippen LogP contribution in [0.4, 0.5) is 18.9 Å². The van der Waals surface area contributed by atoms with Crippen molar-refractivity contribution in [1.82, 2.24) is 4.31 Å². The first-order valence-corrected chi connectivity index (χ1v) is 12.0. The standard InChI is InChI=1S/C21H28F3N3O4S/c1-27(20(7-10-28)5-2-6-20)32(29,30)18-13-16(21(22,23)24)3-4-17(18)26-15-19(14-25)8-11-31-12-9-19/h3-4,13,26,28H,2,5-12,15H2,1H3. The second-order valence-electron chi connectivity index (χ2n) is 8.59. The third kappa shape index (κ3) is 4.73. The summed E-state index contributed by atoms with van der Waals surface area (Å²) in [6, 6.07) is 4.83. The van der Waals surface area contributed by atoms with Gasteiger partial charge in [0.2, 0.25) is 10.0 Å². The summed E-state index contributed by atoms with van der Waals surface area (Å²) in [6.45, 7) is 0.645. The Morgan fingerprint density at radius 2 is 1.91 bits per heavy atom. The number of sulfonamides is 1. The second-order valence-corrected chi connectivity index (χ2v) is 10.5. The van der Waals surface area contributed by atoms with Gasteiger partial charge in [-0.15, -0.1) is 0 Å². The summed E-state index contributed by atoms with van der Waals surface area (Å²) < 4.78 is 73.6. The maximum atomic E-state index is 13.5. The van der Waals surface area contributed by atoms with Crippen LogP contribution in [0, 0.1) is 16.7 Å². The summed E-state index contributed by atoms with van der Waals surface area (Å²) in [6.07, 6.45) is -1.78. The molecule has 178 valence electrons. The first-order valence-electron chi connectivity index (χ1n) is 10.5. The lowest BCUT2D eigenvalue weighted by Gasteiger charge is -2.47. The van der Waals surface area contributed by atoms with E-state index in [1.807, 2.05) is 0 Å². The second kappa shape index (κ2) is 9.17. The molecule has 0 amide bonds. The number of nitriles is 1. The largest absolute Gasteiger partial charge is 0.416 e. The van der Waals surface area contributed by atoms with Gasteiger partial charge in [-0.25, -0.2) is 8.42 Å². The van der Waals surface area contributed by atoms with E-state index in [0.717, 1.165) is 22.9 Å². The summed E-state index contributed by atoms with van der Waals surface area (Å²) in [7, 11) is -2.97. The molecule has 2 N–H and O–H groups in total. The van der Waals surface area contributed by atoms with Crippen molar-refractivity contribution in [2.75, 3.05) is 38.7 Å². The summed E-state index contributed by atoms with van der Waals surface area (Å²) in [4.78, 5) is -0.487. The highest BCUT2D eigenvalue weighted by molar-refractivity contribution is 7.89. The van der Waals surface area contributed by atoms with Crippen molar-refractivity contribution in [3.8, 4) is 6.07 Å². The smallest absolute Gasteiger partial charge is 0.396 e. The quantitative estimate of drug-likeness (QED) is 0.598. The summed E-state index contributed by atoms with van der Waals surface area (Å²) in [5.41, 5.74) is -2.65. The Balaban J connectivity index is 1.99. The Kier molecular flexibility index (Phi) is 7.10. The molecule has 1 aromatic carbocycles. The van der Waals surface area contributed by atoms with Gasteiger partial charge >= 0.3 is 6.18 Å². The molecule has 1 heterocycles. The van der Waals surface area contributed by atoms with Crippen LogP contribution in [0.2, 0.25) is 0 Å². The van der Waals surface area contributed by atoms with E-state index < -0.39 is 37.6 Å². The van der Waals surface area contributed by atoms with Crippen molar-refractivity contribution in [1.29, 1.82) is 5.26 Å². The van der Waals surface area contributed by atoms with E-state index in [1.54, 1.807) is 0 Å². The van der Waals surface area contributed by atoms with Crippen LogP contribution in [0.1, 0.15) is 44.1 Å². The topological polar surface area (TPSA) is 103 Å². The number of rotatable bonds is 8. The third-order valence-electron chi connectivity index (χ3n) is 6.78. The number of aliphatic hydroxyl groups excluding tert-OH is 1. The van der Waals surface area contributed by atoms with Crippen LogP contribution >= 0.6 is 0 Å². The summed E-state index contributed by atoms with van der Waals surface area (Å²) >= 11 is 0. The SMILES string of the molecule is CN(C1(CCO)CCC1)S(=O)(=O)c1cc(C(F)(F)F)ccc1NCC1(C#N)CCOCC1. The molecule has 0 radical (unpaired) electrons. The molecule has 2 fully saturated rings. The van der Waals surface area contributed by atoms with E-state index in [-0.39, 0.29) is 25.3 Å². The Labute approximate surface area is 186 Å². The van der Waals surface area contributed by atoms with Gasteiger partial charge in [0.15, 0.2) is 0 Å². The van der Waals surface area contributed by atoms with Gasteiger partial charge in [-0.05, 0) is 56.7 Å². The van der Waals surface area contributed by atoms with E-state index in [2.05, 4.69) is 11.4 Å². The number of halogens is 3. The number of ether oxygens (including phenoxy) is 1. The molecule has 0 unspecified atom stereocenters. The van der Waals surface area contributed by atoms with Crippen molar-refractivity contribution in [3.05, 3.63) is 23.8 Å². The molecule has 32 heavy (non-hydrogen) atoms. The Bertz CT molecular complexity index is 965. The van der Waals surface area contributed by atoms with Crippen molar-refractivity contribution >= 4 is 15.7 Å². The number of nitrogens with one attached hydrogen (secondary N) is 1. The minimum atomic E-state index is -4.71. The maximum absolute atomic E-state index is 13.5. The molecule has 0 bridgehead atoms. The molecular formula is C21H28F3N3O4S. The van der Waals surface area contributed by atoms with Gasteiger partial charge in [-0.1, -0.05) is 0 Å². The van der Waals surface area contributed by atoms with Gasteiger partial charge < -0.3 is 15.2 Å². The lowest BCUT2D eigenvalue weighted by Crippen LogP contribution is -2.54. The van der Waals surface area contributed by atoms with E-state index in [4.69, 9.17) is 4.74 Å². The predicted octanol–water partition coefficient (Wildman–Crippen LogP) is 3.36. The lowest BCUT2D eigenvalue weighted by atomic mass is 9.75. The molecule has 11 heteroatoms. The molecule has 1 aliphatic carbocycles.